The Morgan fingerprint density at radius 2 is 1.85 bits per heavy atom. The van der Waals surface area contributed by atoms with Crippen molar-refractivity contribution in [2.45, 2.75) is 0 Å². The van der Waals surface area contributed by atoms with Gasteiger partial charge in [0, 0.05) is 22.3 Å². The van der Waals surface area contributed by atoms with Crippen LogP contribution in [0.25, 0.3) is 17.4 Å². The summed E-state index contributed by atoms with van der Waals surface area (Å²) in [6, 6.07) is 15.8. The lowest BCUT2D eigenvalue weighted by atomic mass is 10.2. The number of furan rings is 1. The fraction of sp³-hybridized carbons (Fsp3) is 0. The number of rotatable bonds is 4. The second-order valence-corrected chi connectivity index (χ2v) is 6.31. The summed E-state index contributed by atoms with van der Waals surface area (Å²) in [7, 11) is 0. The van der Waals surface area contributed by atoms with E-state index in [2.05, 4.69) is 5.32 Å². The minimum Gasteiger partial charge on any atom is -0.457 e. The van der Waals surface area contributed by atoms with Crippen LogP contribution in [0.4, 0.5) is 10.1 Å². The van der Waals surface area contributed by atoms with E-state index in [1.54, 1.807) is 36.4 Å². The van der Waals surface area contributed by atoms with Crippen LogP contribution < -0.4 is 5.32 Å². The summed E-state index contributed by atoms with van der Waals surface area (Å²) < 4.78 is 18.9. The molecule has 4 nitrogen and oxygen atoms in total. The number of nitriles is 1. The molecule has 1 amide bonds. The molecule has 0 saturated carbocycles. The van der Waals surface area contributed by atoms with Gasteiger partial charge in [0.1, 0.15) is 29.0 Å². The van der Waals surface area contributed by atoms with E-state index in [-0.39, 0.29) is 10.6 Å². The van der Waals surface area contributed by atoms with Crippen LogP contribution >= 0.6 is 23.2 Å². The van der Waals surface area contributed by atoms with Crippen molar-refractivity contribution < 1.29 is 13.6 Å². The number of hydrogen-bond donors (Lipinski definition) is 1. The highest BCUT2D eigenvalue weighted by Gasteiger charge is 2.12. The molecule has 1 heterocycles. The Kier molecular flexibility index (Phi) is 5.60. The Morgan fingerprint density at radius 3 is 2.52 bits per heavy atom. The topological polar surface area (TPSA) is 66.0 Å². The number of halogens is 3. The van der Waals surface area contributed by atoms with Gasteiger partial charge < -0.3 is 9.73 Å². The van der Waals surface area contributed by atoms with Gasteiger partial charge in [-0.05, 0) is 54.6 Å². The maximum absolute atomic E-state index is 13.3. The van der Waals surface area contributed by atoms with E-state index >= 15 is 0 Å². The zero-order valence-electron chi connectivity index (χ0n) is 13.7. The van der Waals surface area contributed by atoms with Crippen LogP contribution in [0.1, 0.15) is 5.76 Å². The molecule has 0 bridgehead atoms. The van der Waals surface area contributed by atoms with E-state index in [0.717, 1.165) is 0 Å². The molecule has 0 aliphatic carbocycles. The van der Waals surface area contributed by atoms with Crippen LogP contribution in [-0.4, -0.2) is 5.91 Å². The van der Waals surface area contributed by atoms with E-state index < -0.39 is 11.7 Å². The average molecular weight is 401 g/mol. The molecule has 2 aromatic carbocycles. The summed E-state index contributed by atoms with van der Waals surface area (Å²) in [5.41, 5.74) is 0.944. The second-order valence-electron chi connectivity index (χ2n) is 5.46. The first-order chi connectivity index (χ1) is 13.0. The second kappa shape index (κ2) is 8.09. The molecule has 0 atom stereocenters. The molecule has 0 aliphatic rings. The number of carbonyl (C=O) groups excluding carboxylic acids is 1. The van der Waals surface area contributed by atoms with Crippen molar-refractivity contribution in [3.8, 4) is 17.4 Å². The Bertz CT molecular complexity index is 1070. The molecule has 27 heavy (non-hydrogen) atoms. The number of benzene rings is 2. The third-order valence-corrected chi connectivity index (χ3v) is 4.13. The van der Waals surface area contributed by atoms with Gasteiger partial charge >= 0.3 is 0 Å². The number of nitrogens with zero attached hydrogens (tertiary/aromatic N) is 1. The fourth-order valence-corrected chi connectivity index (χ4v) is 2.56. The van der Waals surface area contributed by atoms with E-state index in [1.165, 1.54) is 24.3 Å². The van der Waals surface area contributed by atoms with Gasteiger partial charge in [-0.2, -0.15) is 5.26 Å². The molecule has 134 valence electrons. The van der Waals surface area contributed by atoms with Crippen LogP contribution in [0.15, 0.2) is 64.6 Å². The summed E-state index contributed by atoms with van der Waals surface area (Å²) >= 11 is 11.6. The molecule has 0 spiro atoms. The number of nitrogens with one attached hydrogen (secondary N) is 1. The Balaban J connectivity index is 1.80. The molecule has 0 aliphatic heterocycles. The minimum absolute atomic E-state index is 0.0268. The normalized spacial score (nSPS) is 11.1. The van der Waals surface area contributed by atoms with E-state index in [1.807, 2.05) is 6.07 Å². The van der Waals surface area contributed by atoms with Crippen molar-refractivity contribution in [2.24, 2.45) is 0 Å². The van der Waals surface area contributed by atoms with Gasteiger partial charge in [0.25, 0.3) is 5.91 Å². The van der Waals surface area contributed by atoms with E-state index in [4.69, 9.17) is 27.6 Å². The number of carbonyl (C=O) groups is 1. The molecular weight excluding hydrogens is 390 g/mol. The molecule has 3 rings (SSSR count). The summed E-state index contributed by atoms with van der Waals surface area (Å²) in [6.45, 7) is 0. The van der Waals surface area contributed by atoms with Crippen molar-refractivity contribution >= 4 is 40.9 Å². The van der Waals surface area contributed by atoms with Gasteiger partial charge in [0.2, 0.25) is 0 Å². The Labute approximate surface area is 164 Å². The van der Waals surface area contributed by atoms with Crippen molar-refractivity contribution in [3.05, 3.63) is 81.8 Å². The third kappa shape index (κ3) is 4.56. The highest BCUT2D eigenvalue weighted by atomic mass is 35.5. The lowest BCUT2D eigenvalue weighted by Gasteiger charge is -2.03. The molecule has 0 saturated heterocycles. The third-order valence-electron chi connectivity index (χ3n) is 3.58. The Morgan fingerprint density at radius 1 is 1.11 bits per heavy atom. The first-order valence-corrected chi connectivity index (χ1v) is 8.46. The monoisotopic (exact) mass is 400 g/mol. The van der Waals surface area contributed by atoms with Gasteiger partial charge in [0.15, 0.2) is 0 Å². The molecular formula is C20H11Cl2FN2O2. The average Bonchev–Trinajstić information content (AvgIpc) is 3.12. The lowest BCUT2D eigenvalue weighted by Crippen LogP contribution is -2.13. The van der Waals surface area contributed by atoms with Crippen molar-refractivity contribution in [1.82, 2.24) is 0 Å². The van der Waals surface area contributed by atoms with Gasteiger partial charge in [-0.25, -0.2) is 4.39 Å². The summed E-state index contributed by atoms with van der Waals surface area (Å²) in [6.07, 6.45) is 1.32. The largest absolute Gasteiger partial charge is 0.457 e. The van der Waals surface area contributed by atoms with E-state index in [9.17, 15) is 14.4 Å². The molecule has 3 aromatic rings. The molecule has 1 N–H and O–H groups in total. The van der Waals surface area contributed by atoms with Crippen molar-refractivity contribution in [2.75, 3.05) is 5.32 Å². The predicted octanol–water partition coefficient (Wildman–Crippen LogP) is 5.94. The summed E-state index contributed by atoms with van der Waals surface area (Å²) in [5, 5.41) is 12.4. The van der Waals surface area contributed by atoms with Crippen LogP contribution in [0.3, 0.4) is 0 Å². The number of hydrogen-bond acceptors (Lipinski definition) is 3. The van der Waals surface area contributed by atoms with Gasteiger partial charge in [0.05, 0.1) is 5.02 Å². The quantitative estimate of drug-likeness (QED) is 0.435. The Hall–Kier alpha value is -3.07. The van der Waals surface area contributed by atoms with Gasteiger partial charge in [-0.1, -0.05) is 23.2 Å². The van der Waals surface area contributed by atoms with E-state index in [0.29, 0.717) is 27.8 Å². The zero-order chi connectivity index (χ0) is 19.4. The number of amides is 1. The smallest absolute Gasteiger partial charge is 0.266 e. The van der Waals surface area contributed by atoms with Crippen molar-refractivity contribution in [3.63, 3.8) is 0 Å². The summed E-state index contributed by atoms with van der Waals surface area (Å²) in [4.78, 5) is 12.3. The van der Waals surface area contributed by atoms with Crippen molar-refractivity contribution in [1.29, 1.82) is 5.26 Å². The maximum atomic E-state index is 13.3. The molecule has 0 unspecified atom stereocenters. The maximum Gasteiger partial charge on any atom is 0.266 e. The highest BCUT2D eigenvalue weighted by Crippen LogP contribution is 2.27. The first-order valence-electron chi connectivity index (χ1n) is 7.70. The summed E-state index contributed by atoms with van der Waals surface area (Å²) in [5.74, 6) is -0.382. The van der Waals surface area contributed by atoms with Crippen LogP contribution in [0, 0.1) is 17.1 Å². The predicted molar refractivity (Wildman–Crippen MR) is 103 cm³/mol. The molecule has 0 radical (unpaired) electrons. The first kappa shape index (κ1) is 18.7. The molecule has 1 aromatic heterocycles. The minimum atomic E-state index is -0.581. The molecule has 0 fully saturated rings. The SMILES string of the molecule is N#C/C(=C/c1ccc(-c2ccc(F)c(Cl)c2)o1)C(=O)Nc1ccc(Cl)cc1. The number of anilines is 1. The fourth-order valence-electron chi connectivity index (χ4n) is 2.26. The molecule has 7 heteroatoms. The van der Waals surface area contributed by atoms with Crippen LogP contribution in [0.2, 0.25) is 10.0 Å². The van der Waals surface area contributed by atoms with Crippen LogP contribution in [0.5, 0.6) is 0 Å². The van der Waals surface area contributed by atoms with Gasteiger partial charge in [-0.15, -0.1) is 0 Å². The highest BCUT2D eigenvalue weighted by molar-refractivity contribution is 6.31. The van der Waals surface area contributed by atoms with Crippen LogP contribution in [-0.2, 0) is 4.79 Å². The lowest BCUT2D eigenvalue weighted by molar-refractivity contribution is -0.112. The van der Waals surface area contributed by atoms with Gasteiger partial charge in [-0.3, -0.25) is 4.79 Å². The standard InChI is InChI=1S/C20H11Cl2FN2O2/c21-14-2-4-15(5-3-14)25-20(26)13(11-24)9-16-6-8-19(27-16)12-1-7-18(23)17(22)10-12/h1-10H,(H,25,26)/b13-9-. The zero-order valence-corrected chi connectivity index (χ0v) is 15.2.